The molecule has 0 aromatic carbocycles. The molecule has 0 amide bonds. The second kappa shape index (κ2) is 3.78. The third-order valence-corrected chi connectivity index (χ3v) is 3.73. The van der Waals surface area contributed by atoms with E-state index in [1.54, 1.807) is 0 Å². The first kappa shape index (κ1) is 8.55. The van der Waals surface area contributed by atoms with Gasteiger partial charge in [0.05, 0.1) is 0 Å². The molecule has 1 nitrogen and oxygen atoms in total. The number of likely N-dealkylation sites (tertiary alicyclic amines) is 1. The summed E-state index contributed by atoms with van der Waals surface area (Å²) in [6.07, 6.45) is 8.99. The summed E-state index contributed by atoms with van der Waals surface area (Å²) in [6.45, 7) is 2.72. The van der Waals surface area contributed by atoms with Crippen molar-refractivity contribution in [2.75, 3.05) is 20.1 Å². The topological polar surface area (TPSA) is 3.24 Å². The minimum Gasteiger partial charge on any atom is -0.306 e. The molecule has 0 bridgehead atoms. The Bertz CT molecular complexity index is 144. The van der Waals surface area contributed by atoms with Crippen LogP contribution in [0.2, 0.25) is 0 Å². The van der Waals surface area contributed by atoms with Crippen molar-refractivity contribution in [3.63, 3.8) is 0 Å². The fourth-order valence-corrected chi connectivity index (χ4v) is 3.02. The van der Waals surface area contributed by atoms with E-state index in [-0.39, 0.29) is 0 Å². The molecule has 1 aliphatic heterocycles. The van der Waals surface area contributed by atoms with E-state index in [2.05, 4.69) is 11.9 Å². The molecule has 2 aliphatic rings. The molecule has 12 heavy (non-hydrogen) atoms. The molecule has 0 unspecified atom stereocenters. The first-order chi connectivity index (χ1) is 5.86. The molecule has 1 heteroatoms. The molecule has 1 saturated carbocycles. The quantitative estimate of drug-likeness (QED) is 0.536. The maximum absolute atomic E-state index is 2.54. The maximum atomic E-state index is 2.54. The van der Waals surface area contributed by atoms with E-state index >= 15 is 0 Å². The average Bonchev–Trinajstić information content (AvgIpc) is 2.25. The Morgan fingerprint density at radius 3 is 2.42 bits per heavy atom. The zero-order valence-corrected chi connectivity index (χ0v) is 8.26. The van der Waals surface area contributed by atoms with Crippen LogP contribution in [0.25, 0.3) is 0 Å². The molecular formula is C11H21N. The third-order valence-electron chi connectivity index (χ3n) is 3.73. The van der Waals surface area contributed by atoms with Crippen molar-refractivity contribution in [3.05, 3.63) is 0 Å². The van der Waals surface area contributed by atoms with Crippen molar-refractivity contribution in [3.8, 4) is 0 Å². The highest BCUT2D eigenvalue weighted by molar-refractivity contribution is 4.80. The van der Waals surface area contributed by atoms with E-state index in [1.807, 2.05) is 0 Å². The zero-order valence-electron chi connectivity index (χ0n) is 8.26. The molecule has 2 atom stereocenters. The Hall–Kier alpha value is -0.0400. The van der Waals surface area contributed by atoms with Crippen molar-refractivity contribution < 1.29 is 0 Å². The highest BCUT2D eigenvalue weighted by atomic mass is 15.1. The molecule has 2 rings (SSSR count). The first-order valence-electron chi connectivity index (χ1n) is 5.55. The van der Waals surface area contributed by atoms with E-state index in [0.29, 0.717) is 0 Å². The van der Waals surface area contributed by atoms with Gasteiger partial charge in [-0.15, -0.1) is 0 Å². The van der Waals surface area contributed by atoms with E-state index in [1.165, 1.54) is 51.6 Å². The van der Waals surface area contributed by atoms with E-state index < -0.39 is 0 Å². The van der Waals surface area contributed by atoms with E-state index in [9.17, 15) is 0 Å². The average molecular weight is 167 g/mol. The van der Waals surface area contributed by atoms with Gasteiger partial charge in [0.25, 0.3) is 0 Å². The highest BCUT2D eigenvalue weighted by Gasteiger charge is 2.27. The van der Waals surface area contributed by atoms with Crippen LogP contribution in [-0.4, -0.2) is 25.0 Å². The molecule has 1 aliphatic carbocycles. The van der Waals surface area contributed by atoms with Crippen LogP contribution < -0.4 is 0 Å². The standard InChI is InChI=1S/C11H21N/c1-12-8-4-7-10-5-2-3-6-11(10)9-12/h10-11H,2-9H2,1H3/t10-,11+/m1/s1. The van der Waals surface area contributed by atoms with E-state index in [0.717, 1.165) is 11.8 Å². The van der Waals surface area contributed by atoms with Crippen LogP contribution in [0.1, 0.15) is 38.5 Å². The van der Waals surface area contributed by atoms with Crippen molar-refractivity contribution in [1.29, 1.82) is 0 Å². The maximum Gasteiger partial charge on any atom is 0.000925 e. The second-order valence-electron chi connectivity index (χ2n) is 4.71. The summed E-state index contributed by atoms with van der Waals surface area (Å²) in [6, 6.07) is 0. The molecule has 70 valence electrons. The molecule has 0 radical (unpaired) electrons. The number of hydrogen-bond donors (Lipinski definition) is 0. The number of nitrogens with zero attached hydrogens (tertiary/aromatic N) is 1. The smallest absolute Gasteiger partial charge is 0.000925 e. The lowest BCUT2D eigenvalue weighted by Gasteiger charge is -2.30. The molecule has 0 spiro atoms. The number of fused-ring (bicyclic) bond motifs is 1. The lowest BCUT2D eigenvalue weighted by atomic mass is 9.77. The Morgan fingerprint density at radius 1 is 0.917 bits per heavy atom. The molecule has 0 aromatic heterocycles. The first-order valence-corrected chi connectivity index (χ1v) is 5.55. The van der Waals surface area contributed by atoms with Gasteiger partial charge in [-0.1, -0.05) is 19.3 Å². The minimum atomic E-state index is 1.05. The summed E-state index contributed by atoms with van der Waals surface area (Å²) in [4.78, 5) is 2.54. The van der Waals surface area contributed by atoms with Crippen molar-refractivity contribution in [2.45, 2.75) is 38.5 Å². The molecule has 0 N–H and O–H groups in total. The summed E-state index contributed by atoms with van der Waals surface area (Å²) >= 11 is 0. The Morgan fingerprint density at radius 2 is 1.58 bits per heavy atom. The number of rotatable bonds is 0. The molecule has 2 fully saturated rings. The summed E-state index contributed by atoms with van der Waals surface area (Å²) < 4.78 is 0. The van der Waals surface area contributed by atoms with Crippen LogP contribution in [0.3, 0.4) is 0 Å². The van der Waals surface area contributed by atoms with Crippen LogP contribution in [0.4, 0.5) is 0 Å². The van der Waals surface area contributed by atoms with Crippen molar-refractivity contribution in [1.82, 2.24) is 4.90 Å². The summed E-state index contributed by atoms with van der Waals surface area (Å²) in [5.41, 5.74) is 0. The van der Waals surface area contributed by atoms with Gasteiger partial charge in [0.1, 0.15) is 0 Å². The Kier molecular flexibility index (Phi) is 2.69. The van der Waals surface area contributed by atoms with Gasteiger partial charge in [-0.25, -0.2) is 0 Å². The van der Waals surface area contributed by atoms with Crippen LogP contribution >= 0.6 is 0 Å². The summed E-state index contributed by atoms with van der Waals surface area (Å²) in [5, 5.41) is 0. The van der Waals surface area contributed by atoms with Crippen molar-refractivity contribution in [2.24, 2.45) is 11.8 Å². The lowest BCUT2D eigenvalue weighted by molar-refractivity contribution is 0.198. The van der Waals surface area contributed by atoms with Gasteiger partial charge in [0, 0.05) is 6.54 Å². The monoisotopic (exact) mass is 167 g/mol. The predicted molar refractivity (Wildman–Crippen MR) is 52.2 cm³/mol. The fraction of sp³-hybridized carbons (Fsp3) is 1.00. The normalized spacial score (nSPS) is 38.8. The SMILES string of the molecule is CN1CCC[C@H]2CCCC[C@H]2C1. The summed E-state index contributed by atoms with van der Waals surface area (Å²) in [7, 11) is 2.29. The van der Waals surface area contributed by atoms with E-state index in [4.69, 9.17) is 0 Å². The molecule has 1 heterocycles. The van der Waals surface area contributed by atoms with Gasteiger partial charge in [0.2, 0.25) is 0 Å². The molecule has 0 aromatic rings. The van der Waals surface area contributed by atoms with Crippen LogP contribution in [0.15, 0.2) is 0 Å². The van der Waals surface area contributed by atoms with Crippen LogP contribution in [-0.2, 0) is 0 Å². The Balaban J connectivity index is 1.96. The summed E-state index contributed by atoms with van der Waals surface area (Å²) in [5.74, 6) is 2.13. The minimum absolute atomic E-state index is 1.05. The molecule has 1 saturated heterocycles. The zero-order chi connectivity index (χ0) is 8.39. The van der Waals surface area contributed by atoms with Gasteiger partial charge in [-0.3, -0.25) is 0 Å². The molecular weight excluding hydrogens is 146 g/mol. The fourth-order valence-electron chi connectivity index (χ4n) is 3.02. The predicted octanol–water partition coefficient (Wildman–Crippen LogP) is 2.52. The van der Waals surface area contributed by atoms with Crippen molar-refractivity contribution >= 4 is 0 Å². The third kappa shape index (κ3) is 1.82. The largest absolute Gasteiger partial charge is 0.306 e. The van der Waals surface area contributed by atoms with Gasteiger partial charge in [0.15, 0.2) is 0 Å². The van der Waals surface area contributed by atoms with Gasteiger partial charge >= 0.3 is 0 Å². The Labute approximate surface area is 76.1 Å². The second-order valence-corrected chi connectivity index (χ2v) is 4.71. The van der Waals surface area contributed by atoms with Crippen LogP contribution in [0.5, 0.6) is 0 Å². The van der Waals surface area contributed by atoms with Gasteiger partial charge < -0.3 is 4.90 Å². The van der Waals surface area contributed by atoms with Gasteiger partial charge in [-0.05, 0) is 44.7 Å². The number of hydrogen-bond acceptors (Lipinski definition) is 1. The highest BCUT2D eigenvalue weighted by Crippen LogP contribution is 2.35. The van der Waals surface area contributed by atoms with Gasteiger partial charge in [-0.2, -0.15) is 0 Å². The lowest BCUT2D eigenvalue weighted by Crippen LogP contribution is -2.28. The van der Waals surface area contributed by atoms with Crippen LogP contribution in [0, 0.1) is 11.8 Å².